The van der Waals surface area contributed by atoms with E-state index in [1.165, 1.54) is 0 Å². The number of nitrogens with one attached hydrogen (secondary N) is 1. The van der Waals surface area contributed by atoms with Gasteiger partial charge in [0.05, 0.1) is 18.8 Å². The molecule has 0 radical (unpaired) electrons. The van der Waals surface area contributed by atoms with E-state index in [2.05, 4.69) is 53.5 Å². The molecule has 0 aromatic heterocycles. The highest BCUT2D eigenvalue weighted by Crippen LogP contribution is 2.15. The summed E-state index contributed by atoms with van der Waals surface area (Å²) in [4.78, 5) is 4.48. The van der Waals surface area contributed by atoms with Gasteiger partial charge in [0.25, 0.3) is 0 Å². The highest BCUT2D eigenvalue weighted by atomic mass is 15.5. The molecule has 1 heterocycles. The van der Waals surface area contributed by atoms with Gasteiger partial charge in [-0.05, 0) is 17.7 Å². The maximum absolute atomic E-state index is 5.59. The highest BCUT2D eigenvalue weighted by molar-refractivity contribution is 5.86. The van der Waals surface area contributed by atoms with E-state index >= 15 is 0 Å². The third-order valence-corrected chi connectivity index (χ3v) is 2.89. The predicted octanol–water partition coefficient (Wildman–Crippen LogP) is 3.58. The van der Waals surface area contributed by atoms with Crippen LogP contribution in [0.3, 0.4) is 0 Å². The van der Waals surface area contributed by atoms with Crippen LogP contribution in [0.4, 0.5) is 5.69 Å². The first-order valence-corrected chi connectivity index (χ1v) is 8.08. The van der Waals surface area contributed by atoms with Crippen LogP contribution in [0.25, 0.3) is 0 Å². The first-order valence-electron chi connectivity index (χ1n) is 8.08. The Hall–Kier alpha value is -1.55. The van der Waals surface area contributed by atoms with Crippen LogP contribution in [0.15, 0.2) is 29.3 Å². The van der Waals surface area contributed by atoms with Crippen LogP contribution in [-0.2, 0) is 6.54 Å². The van der Waals surface area contributed by atoms with Gasteiger partial charge in [-0.25, -0.2) is 0 Å². The zero-order valence-electron chi connectivity index (χ0n) is 14.5. The Balaban J connectivity index is 0.000000921. The molecule has 1 aliphatic heterocycles. The predicted molar refractivity (Wildman–Crippen MR) is 94.7 cm³/mol. The lowest BCUT2D eigenvalue weighted by Gasteiger charge is -2.31. The maximum atomic E-state index is 5.59. The van der Waals surface area contributed by atoms with Crippen molar-refractivity contribution in [3.8, 4) is 0 Å². The second-order valence-corrected chi connectivity index (χ2v) is 4.56. The largest absolute Gasteiger partial charge is 0.326 e. The number of hydrogen-bond donors (Lipinski definition) is 2. The summed E-state index contributed by atoms with van der Waals surface area (Å²) in [5.41, 5.74) is 11.3. The molecule has 1 aromatic rings. The molecule has 4 nitrogen and oxygen atoms in total. The summed E-state index contributed by atoms with van der Waals surface area (Å²) in [6.07, 6.45) is 0. The number of hydrazine groups is 1. The topological polar surface area (TPSA) is 53.6 Å². The van der Waals surface area contributed by atoms with Gasteiger partial charge >= 0.3 is 0 Å². The Bertz CT molecular complexity index is 396. The van der Waals surface area contributed by atoms with E-state index in [-0.39, 0.29) is 0 Å². The van der Waals surface area contributed by atoms with Gasteiger partial charge < -0.3 is 5.73 Å². The molecule has 0 saturated carbocycles. The average molecular weight is 292 g/mol. The van der Waals surface area contributed by atoms with E-state index in [0.717, 1.165) is 30.2 Å². The van der Waals surface area contributed by atoms with Crippen molar-refractivity contribution in [2.24, 2.45) is 16.6 Å². The van der Waals surface area contributed by atoms with Crippen LogP contribution in [0.1, 0.15) is 47.1 Å². The number of benzene rings is 1. The SMILES string of the molecule is CC.CC.CC(C)C1=NCCN(c2ccc(CN)cc2)N1. The number of rotatable bonds is 3. The van der Waals surface area contributed by atoms with E-state index in [9.17, 15) is 0 Å². The summed E-state index contributed by atoms with van der Waals surface area (Å²) < 4.78 is 0. The van der Waals surface area contributed by atoms with Crippen molar-refractivity contribution in [3.63, 3.8) is 0 Å². The molecule has 0 bridgehead atoms. The van der Waals surface area contributed by atoms with Crippen molar-refractivity contribution in [2.75, 3.05) is 18.1 Å². The first kappa shape index (κ1) is 19.4. The Morgan fingerprint density at radius 1 is 1.14 bits per heavy atom. The van der Waals surface area contributed by atoms with Gasteiger partial charge in [0, 0.05) is 12.5 Å². The monoisotopic (exact) mass is 292 g/mol. The third kappa shape index (κ3) is 6.17. The molecule has 21 heavy (non-hydrogen) atoms. The number of hydrogen-bond acceptors (Lipinski definition) is 4. The molecular weight excluding hydrogens is 260 g/mol. The van der Waals surface area contributed by atoms with Crippen molar-refractivity contribution < 1.29 is 0 Å². The second-order valence-electron chi connectivity index (χ2n) is 4.56. The van der Waals surface area contributed by atoms with Gasteiger partial charge in [-0.3, -0.25) is 15.4 Å². The lowest BCUT2D eigenvalue weighted by Crippen LogP contribution is -2.49. The van der Waals surface area contributed by atoms with Gasteiger partial charge in [-0.2, -0.15) is 0 Å². The van der Waals surface area contributed by atoms with E-state index < -0.39 is 0 Å². The molecule has 0 spiro atoms. The van der Waals surface area contributed by atoms with Gasteiger partial charge in [-0.15, -0.1) is 0 Å². The molecule has 2 rings (SSSR count). The summed E-state index contributed by atoms with van der Waals surface area (Å²) in [5.74, 6) is 1.49. The standard InChI is InChI=1S/C13H20N4.2C2H6/c1-10(2)13-15-7-8-17(16-13)12-5-3-11(9-14)4-6-12;2*1-2/h3-6,10H,7-9,14H2,1-2H3,(H,15,16);2*1-2H3. The van der Waals surface area contributed by atoms with E-state index in [1.807, 2.05) is 27.7 Å². The molecule has 0 unspecified atom stereocenters. The first-order chi connectivity index (χ1) is 10.2. The lowest BCUT2D eigenvalue weighted by molar-refractivity contribution is 0.673. The van der Waals surface area contributed by atoms with Gasteiger partial charge in [0.15, 0.2) is 0 Å². The minimum atomic E-state index is 0.432. The molecular formula is C17H32N4. The van der Waals surface area contributed by atoms with Crippen molar-refractivity contribution in [1.82, 2.24) is 5.43 Å². The van der Waals surface area contributed by atoms with Crippen LogP contribution in [0, 0.1) is 5.92 Å². The normalized spacial score (nSPS) is 13.3. The van der Waals surface area contributed by atoms with Gasteiger partial charge in [0.1, 0.15) is 5.84 Å². The minimum absolute atomic E-state index is 0.432. The van der Waals surface area contributed by atoms with Crippen molar-refractivity contribution in [1.29, 1.82) is 0 Å². The van der Waals surface area contributed by atoms with E-state index in [4.69, 9.17) is 5.73 Å². The van der Waals surface area contributed by atoms with Crippen molar-refractivity contribution in [3.05, 3.63) is 29.8 Å². The molecule has 1 aliphatic rings. The number of anilines is 1. The number of aliphatic imine (C=N–C) groups is 1. The van der Waals surface area contributed by atoms with Crippen LogP contribution < -0.4 is 16.2 Å². The van der Waals surface area contributed by atoms with Crippen molar-refractivity contribution in [2.45, 2.75) is 48.1 Å². The smallest absolute Gasteiger partial charge is 0.118 e. The molecule has 0 aliphatic carbocycles. The molecule has 0 fully saturated rings. The summed E-state index contributed by atoms with van der Waals surface area (Å²) >= 11 is 0. The summed E-state index contributed by atoms with van der Waals surface area (Å²) in [5, 5.41) is 2.14. The number of nitrogens with two attached hydrogens (primary N) is 1. The fourth-order valence-corrected chi connectivity index (χ4v) is 1.82. The second kappa shape index (κ2) is 11.1. The van der Waals surface area contributed by atoms with E-state index in [1.54, 1.807) is 0 Å². The minimum Gasteiger partial charge on any atom is -0.326 e. The highest BCUT2D eigenvalue weighted by Gasteiger charge is 2.15. The summed E-state index contributed by atoms with van der Waals surface area (Å²) in [7, 11) is 0. The Labute approximate surface area is 130 Å². The molecule has 0 amide bonds. The van der Waals surface area contributed by atoms with E-state index in [0.29, 0.717) is 12.5 Å². The van der Waals surface area contributed by atoms with Crippen LogP contribution in [-0.4, -0.2) is 18.9 Å². The Morgan fingerprint density at radius 2 is 1.71 bits per heavy atom. The zero-order valence-corrected chi connectivity index (χ0v) is 14.5. The molecule has 120 valence electrons. The quantitative estimate of drug-likeness (QED) is 0.895. The molecule has 1 aromatic carbocycles. The maximum Gasteiger partial charge on any atom is 0.118 e. The van der Waals surface area contributed by atoms with Crippen LogP contribution in [0.2, 0.25) is 0 Å². The van der Waals surface area contributed by atoms with Crippen LogP contribution >= 0.6 is 0 Å². The number of amidine groups is 1. The fraction of sp³-hybridized carbons (Fsp3) is 0.588. The van der Waals surface area contributed by atoms with Gasteiger partial charge in [0.2, 0.25) is 0 Å². The zero-order chi connectivity index (χ0) is 16.3. The molecule has 3 N–H and O–H groups in total. The van der Waals surface area contributed by atoms with Gasteiger partial charge in [-0.1, -0.05) is 53.7 Å². The Morgan fingerprint density at radius 3 is 2.19 bits per heavy atom. The summed E-state index contributed by atoms with van der Waals surface area (Å²) in [6, 6.07) is 8.33. The average Bonchev–Trinajstić information content (AvgIpc) is 2.58. The Kier molecular flexibility index (Phi) is 10.3. The summed E-state index contributed by atoms with van der Waals surface area (Å²) in [6.45, 7) is 14.6. The van der Waals surface area contributed by atoms with Crippen LogP contribution in [0.5, 0.6) is 0 Å². The molecule has 4 heteroatoms. The molecule has 0 saturated heterocycles. The molecule has 0 atom stereocenters. The number of nitrogens with zero attached hydrogens (tertiary/aromatic N) is 2. The van der Waals surface area contributed by atoms with Crippen molar-refractivity contribution >= 4 is 11.5 Å². The fourth-order valence-electron chi connectivity index (χ4n) is 1.82. The lowest BCUT2D eigenvalue weighted by atomic mass is 10.2. The third-order valence-electron chi connectivity index (χ3n) is 2.89.